The minimum absolute atomic E-state index is 0.271. The van der Waals surface area contributed by atoms with Crippen molar-refractivity contribution >= 4 is 33.1 Å². The van der Waals surface area contributed by atoms with E-state index in [0.717, 1.165) is 15.7 Å². The Hall–Kier alpha value is -3.85. The van der Waals surface area contributed by atoms with E-state index in [1.54, 1.807) is 41.8 Å². The summed E-state index contributed by atoms with van der Waals surface area (Å²) in [6.07, 6.45) is 0. The lowest BCUT2D eigenvalue weighted by molar-refractivity contribution is -0.116. The number of thiophene rings is 1. The van der Waals surface area contributed by atoms with Gasteiger partial charge in [0.1, 0.15) is 22.7 Å². The Bertz CT molecular complexity index is 1480. The van der Waals surface area contributed by atoms with Gasteiger partial charge in [0.05, 0.1) is 31.1 Å². The average molecular weight is 466 g/mol. The van der Waals surface area contributed by atoms with Crippen molar-refractivity contribution in [3.8, 4) is 17.2 Å². The molecule has 9 heteroatoms. The predicted octanol–water partition coefficient (Wildman–Crippen LogP) is 3.49. The number of anilines is 1. The molecule has 4 rings (SSSR count). The molecule has 0 aliphatic heterocycles. The fourth-order valence-electron chi connectivity index (χ4n) is 3.67. The van der Waals surface area contributed by atoms with Crippen LogP contribution in [0, 0.1) is 13.8 Å². The van der Waals surface area contributed by atoms with Crippen molar-refractivity contribution in [1.29, 1.82) is 0 Å². The van der Waals surface area contributed by atoms with Crippen molar-refractivity contribution in [2.45, 2.75) is 20.4 Å². The summed E-state index contributed by atoms with van der Waals surface area (Å²) in [5.74, 6) is 0.581. The summed E-state index contributed by atoms with van der Waals surface area (Å²) in [6.45, 7) is 3.51. The van der Waals surface area contributed by atoms with Gasteiger partial charge in [-0.15, -0.1) is 11.3 Å². The van der Waals surface area contributed by atoms with Gasteiger partial charge in [-0.25, -0.2) is 9.36 Å². The van der Waals surface area contributed by atoms with Crippen LogP contribution in [0.5, 0.6) is 11.5 Å². The molecule has 0 saturated carbocycles. The molecule has 2 aromatic carbocycles. The summed E-state index contributed by atoms with van der Waals surface area (Å²) in [5, 5.41) is 4.51. The van der Waals surface area contributed by atoms with Crippen LogP contribution in [0.3, 0.4) is 0 Å². The summed E-state index contributed by atoms with van der Waals surface area (Å²) >= 11 is 1.24. The number of carbonyl (C=O) groups excluding carboxylic acids is 1. The molecular weight excluding hydrogens is 442 g/mol. The topological polar surface area (TPSA) is 91.6 Å². The zero-order chi connectivity index (χ0) is 23.7. The molecule has 1 N–H and O–H groups in total. The number of rotatable bonds is 6. The second-order valence-electron chi connectivity index (χ2n) is 7.48. The lowest BCUT2D eigenvalue weighted by atomic mass is 10.1. The molecule has 0 aliphatic rings. The van der Waals surface area contributed by atoms with E-state index in [4.69, 9.17) is 9.47 Å². The Morgan fingerprint density at radius 1 is 1.06 bits per heavy atom. The first kappa shape index (κ1) is 22.3. The molecule has 33 heavy (non-hydrogen) atoms. The van der Waals surface area contributed by atoms with Gasteiger partial charge >= 0.3 is 5.69 Å². The third-order valence-electron chi connectivity index (χ3n) is 5.56. The molecule has 1 amide bonds. The first-order valence-corrected chi connectivity index (χ1v) is 11.0. The van der Waals surface area contributed by atoms with Crippen molar-refractivity contribution in [1.82, 2.24) is 9.13 Å². The zero-order valence-corrected chi connectivity index (χ0v) is 19.5. The van der Waals surface area contributed by atoms with Gasteiger partial charge in [-0.3, -0.25) is 14.2 Å². The largest absolute Gasteiger partial charge is 0.497 e. The number of methoxy groups -OCH3 is 2. The predicted molar refractivity (Wildman–Crippen MR) is 129 cm³/mol. The highest BCUT2D eigenvalue weighted by Gasteiger charge is 2.19. The zero-order valence-electron chi connectivity index (χ0n) is 18.7. The number of hydrogen-bond donors (Lipinski definition) is 1. The van der Waals surface area contributed by atoms with Crippen LogP contribution in [0.15, 0.2) is 57.4 Å². The fraction of sp³-hybridized carbons (Fsp3) is 0.208. The van der Waals surface area contributed by atoms with Crippen LogP contribution in [0.4, 0.5) is 5.69 Å². The van der Waals surface area contributed by atoms with Crippen LogP contribution in [0.1, 0.15) is 11.1 Å². The maximum Gasteiger partial charge on any atom is 0.336 e. The van der Waals surface area contributed by atoms with Crippen LogP contribution in [0.2, 0.25) is 0 Å². The van der Waals surface area contributed by atoms with E-state index in [9.17, 15) is 14.4 Å². The van der Waals surface area contributed by atoms with Crippen molar-refractivity contribution in [2.24, 2.45) is 0 Å². The van der Waals surface area contributed by atoms with Crippen LogP contribution in [-0.4, -0.2) is 29.3 Å². The van der Waals surface area contributed by atoms with Gasteiger partial charge in [0, 0.05) is 6.07 Å². The van der Waals surface area contributed by atoms with Gasteiger partial charge in [0.15, 0.2) is 0 Å². The van der Waals surface area contributed by atoms with Gasteiger partial charge in [-0.05, 0) is 54.6 Å². The van der Waals surface area contributed by atoms with Gasteiger partial charge in [0.2, 0.25) is 5.91 Å². The highest BCUT2D eigenvalue weighted by Crippen LogP contribution is 2.29. The molecule has 8 nitrogen and oxygen atoms in total. The molecule has 0 saturated heterocycles. The number of aromatic nitrogens is 2. The lowest BCUT2D eigenvalue weighted by Crippen LogP contribution is -2.40. The monoisotopic (exact) mass is 465 g/mol. The number of fused-ring (bicyclic) bond motifs is 1. The molecule has 2 heterocycles. The first-order chi connectivity index (χ1) is 15.8. The second-order valence-corrected chi connectivity index (χ2v) is 8.39. The Kier molecular flexibility index (Phi) is 6.06. The van der Waals surface area contributed by atoms with Crippen molar-refractivity contribution in [2.75, 3.05) is 19.5 Å². The smallest absolute Gasteiger partial charge is 0.336 e. The van der Waals surface area contributed by atoms with Crippen molar-refractivity contribution < 1.29 is 14.3 Å². The van der Waals surface area contributed by atoms with Gasteiger partial charge in [-0.2, -0.15) is 0 Å². The molecule has 0 spiro atoms. The van der Waals surface area contributed by atoms with E-state index in [1.165, 1.54) is 30.1 Å². The number of carbonyl (C=O) groups is 1. The summed E-state index contributed by atoms with van der Waals surface area (Å²) in [6, 6.07) is 12.1. The molecule has 0 unspecified atom stereocenters. The Morgan fingerprint density at radius 3 is 2.58 bits per heavy atom. The molecular formula is C24H23N3O5S. The Labute approximate surface area is 193 Å². The molecule has 0 bridgehead atoms. The number of aryl methyl sites for hydroxylation is 1. The van der Waals surface area contributed by atoms with Gasteiger partial charge in [-0.1, -0.05) is 12.1 Å². The first-order valence-electron chi connectivity index (χ1n) is 10.2. The summed E-state index contributed by atoms with van der Waals surface area (Å²) in [7, 11) is 3.03. The number of ether oxygens (including phenoxy) is 2. The average Bonchev–Trinajstić information content (AvgIpc) is 3.30. The standard InChI is InChI=1S/C24H23N3O5S/c1-14-6-5-7-18(15(14)2)27-23(29)22-19(10-11-33-22)26(24(27)30)13-21(28)25-17-9-8-16(31-3)12-20(17)32-4/h5-12H,13H2,1-4H3,(H,25,28). The molecule has 0 aliphatic carbocycles. The van der Waals surface area contributed by atoms with E-state index in [-0.39, 0.29) is 6.54 Å². The Morgan fingerprint density at radius 2 is 1.85 bits per heavy atom. The molecule has 170 valence electrons. The van der Waals surface area contributed by atoms with Crippen LogP contribution in [-0.2, 0) is 11.3 Å². The quantitative estimate of drug-likeness (QED) is 0.471. The van der Waals surface area contributed by atoms with Crippen molar-refractivity contribution in [3.63, 3.8) is 0 Å². The van der Waals surface area contributed by atoms with E-state index in [0.29, 0.717) is 33.1 Å². The number of hydrogen-bond acceptors (Lipinski definition) is 6. The third kappa shape index (κ3) is 4.03. The molecule has 0 fully saturated rings. The van der Waals surface area contributed by atoms with Crippen LogP contribution < -0.4 is 26.0 Å². The number of benzene rings is 2. The Balaban J connectivity index is 1.78. The minimum Gasteiger partial charge on any atom is -0.497 e. The maximum absolute atomic E-state index is 13.5. The highest BCUT2D eigenvalue weighted by molar-refractivity contribution is 7.17. The number of nitrogens with zero attached hydrogens (tertiary/aromatic N) is 2. The lowest BCUT2D eigenvalue weighted by Gasteiger charge is -2.15. The molecule has 2 aromatic heterocycles. The minimum atomic E-state index is -0.573. The summed E-state index contributed by atoms with van der Waals surface area (Å²) in [5.41, 5.74) is 2.19. The molecule has 0 radical (unpaired) electrons. The molecule has 4 aromatic rings. The molecule has 0 atom stereocenters. The number of nitrogens with one attached hydrogen (secondary N) is 1. The van der Waals surface area contributed by atoms with Gasteiger partial charge in [0.25, 0.3) is 5.56 Å². The summed E-state index contributed by atoms with van der Waals surface area (Å²) < 4.78 is 13.4. The summed E-state index contributed by atoms with van der Waals surface area (Å²) in [4.78, 5) is 39.6. The fourth-order valence-corrected chi connectivity index (χ4v) is 4.49. The highest BCUT2D eigenvalue weighted by atomic mass is 32.1. The maximum atomic E-state index is 13.5. The normalized spacial score (nSPS) is 10.9. The van der Waals surface area contributed by atoms with E-state index >= 15 is 0 Å². The van der Waals surface area contributed by atoms with E-state index in [2.05, 4.69) is 5.32 Å². The third-order valence-corrected chi connectivity index (χ3v) is 6.45. The van der Waals surface area contributed by atoms with Gasteiger partial charge < -0.3 is 14.8 Å². The van der Waals surface area contributed by atoms with E-state index < -0.39 is 17.2 Å². The number of amides is 1. The van der Waals surface area contributed by atoms with E-state index in [1.807, 2.05) is 19.9 Å². The van der Waals surface area contributed by atoms with Crippen LogP contribution in [0.25, 0.3) is 15.9 Å². The second kappa shape index (κ2) is 8.95. The van der Waals surface area contributed by atoms with Crippen molar-refractivity contribution in [3.05, 3.63) is 79.8 Å². The SMILES string of the molecule is COc1ccc(NC(=O)Cn2c(=O)n(-c3cccc(C)c3C)c(=O)c3sccc32)c(OC)c1. The van der Waals surface area contributed by atoms with Crippen LogP contribution >= 0.6 is 11.3 Å².